The van der Waals surface area contributed by atoms with Crippen molar-refractivity contribution in [1.82, 2.24) is 0 Å². The summed E-state index contributed by atoms with van der Waals surface area (Å²) in [6, 6.07) is 61.3. The van der Waals surface area contributed by atoms with Crippen LogP contribution in [0.4, 0.5) is 0 Å². The smallest absolute Gasteiger partial charge is 0 e. The fourth-order valence-corrected chi connectivity index (χ4v) is 5.72. The largest absolute Gasteiger partial charge is 0 e. The molecule has 0 aliphatic rings. The molecule has 302 valence electrons. The van der Waals surface area contributed by atoms with Gasteiger partial charge in [0.1, 0.15) is 0 Å². The standard InChI is InChI=1S/3C17H15.3Cu.2Pd/c3*1-4-10-16(11-5-1)14-8-3-9-15-17-12-6-2-7-13-17;;;;;/h3*1-2,4-8,10-15H,3H2;;;;;. The van der Waals surface area contributed by atoms with Gasteiger partial charge >= 0.3 is 351 Å². The van der Waals surface area contributed by atoms with Crippen LogP contribution in [0, 0.1) is 0 Å². The Kier molecular flexibility index (Phi) is 26.8. The van der Waals surface area contributed by atoms with E-state index in [1.54, 1.807) is 0 Å². The Morgan fingerprint density at radius 3 is 0.661 bits per heavy atom. The molecule has 6 rings (SSSR count). The van der Waals surface area contributed by atoms with Gasteiger partial charge in [-0.15, -0.1) is 0 Å². The Bertz CT molecular complexity index is 1830. The minimum atomic E-state index is 0. The van der Waals surface area contributed by atoms with Crippen molar-refractivity contribution in [3.63, 3.8) is 0 Å². The first kappa shape index (κ1) is 48.8. The van der Waals surface area contributed by atoms with Crippen molar-refractivity contribution in [1.29, 1.82) is 0 Å². The molecule has 0 saturated heterocycles. The van der Waals surface area contributed by atoms with Crippen LogP contribution in [0.5, 0.6) is 0 Å². The van der Waals surface area contributed by atoms with E-state index in [0.717, 1.165) is 49.4 Å². The molecule has 0 atom stereocenters. The van der Waals surface area contributed by atoms with Crippen LogP contribution in [-0.4, -0.2) is 0 Å². The first-order valence-corrected chi connectivity index (χ1v) is 19.2. The minimum absolute atomic E-state index is 0. The van der Waals surface area contributed by atoms with Gasteiger partial charge in [-0.05, 0) is 0 Å². The summed E-state index contributed by atoms with van der Waals surface area (Å²) in [5.41, 5.74) is 7.09. The van der Waals surface area contributed by atoms with Gasteiger partial charge in [0, 0.05) is 40.8 Å². The monoisotopic (exact) mass is 1060 g/mol. The molecule has 6 aromatic rings. The third-order valence-corrected chi connectivity index (χ3v) is 8.54. The molecular formula is C51H45Cu3Pd2. The summed E-state index contributed by atoms with van der Waals surface area (Å²) in [5.74, 6) is 0. The van der Waals surface area contributed by atoms with Crippen LogP contribution in [0.25, 0.3) is 36.5 Å². The van der Waals surface area contributed by atoms with Gasteiger partial charge in [-0.1, -0.05) is 0 Å². The van der Waals surface area contributed by atoms with E-state index in [0.29, 0.717) is 0 Å². The predicted octanol–water partition coefficient (Wildman–Crippen LogP) is 14.0. The first-order chi connectivity index (χ1) is 26.5. The van der Waals surface area contributed by atoms with Gasteiger partial charge in [0.15, 0.2) is 0 Å². The Labute approximate surface area is 387 Å². The minimum Gasteiger partial charge on any atom is 0 e. The summed E-state index contributed by atoms with van der Waals surface area (Å²) in [5, 5.41) is 0. The fraction of sp³-hybridized carbons (Fsp3) is 0.0588. The summed E-state index contributed by atoms with van der Waals surface area (Å²) in [4.78, 5) is 0. The number of rotatable bonds is 12. The van der Waals surface area contributed by atoms with E-state index < -0.39 is 0 Å². The van der Waals surface area contributed by atoms with Crippen LogP contribution < -0.4 is 0 Å². The molecule has 0 spiro atoms. The van der Waals surface area contributed by atoms with Gasteiger partial charge < -0.3 is 0 Å². The summed E-state index contributed by atoms with van der Waals surface area (Å²) >= 11 is 16.5. The number of allylic oxidation sites excluding steroid dienone is 6. The van der Waals surface area contributed by atoms with Crippen LogP contribution in [0.2, 0.25) is 0 Å². The molecule has 0 aromatic heterocycles. The summed E-state index contributed by atoms with van der Waals surface area (Å²) in [6.45, 7) is 0. The van der Waals surface area contributed by atoms with E-state index in [1.807, 2.05) is 127 Å². The van der Waals surface area contributed by atoms with Crippen molar-refractivity contribution in [3.8, 4) is 0 Å². The van der Waals surface area contributed by atoms with E-state index in [-0.39, 0.29) is 40.8 Å². The second kappa shape index (κ2) is 30.7. The maximum atomic E-state index is 5.50. The molecule has 0 amide bonds. The fourth-order valence-electron chi connectivity index (χ4n) is 4.92. The molecule has 0 N–H and O–H groups in total. The predicted molar refractivity (Wildman–Crippen MR) is 224 cm³/mol. The average molecular weight is 1060 g/mol. The van der Waals surface area contributed by atoms with Crippen molar-refractivity contribution >= 4 is 36.5 Å². The second-order valence-corrected chi connectivity index (χ2v) is 13.7. The van der Waals surface area contributed by atoms with Gasteiger partial charge in [-0.25, -0.2) is 0 Å². The van der Waals surface area contributed by atoms with E-state index in [1.165, 1.54) is 16.7 Å². The van der Waals surface area contributed by atoms with Gasteiger partial charge in [0.05, 0.1) is 0 Å². The van der Waals surface area contributed by atoms with Gasteiger partial charge in [-0.2, -0.15) is 0 Å². The van der Waals surface area contributed by atoms with E-state index >= 15 is 0 Å². The Hall–Kier alpha value is -3.36. The van der Waals surface area contributed by atoms with Crippen molar-refractivity contribution in [2.75, 3.05) is 0 Å². The van der Waals surface area contributed by atoms with Crippen molar-refractivity contribution < 1.29 is 88.9 Å². The Morgan fingerprint density at radius 1 is 0.286 bits per heavy atom. The molecule has 6 aromatic carbocycles. The quantitative estimate of drug-likeness (QED) is 0.107. The average Bonchev–Trinajstić information content (AvgIpc) is 3.21. The summed E-state index contributed by atoms with van der Waals surface area (Å²) < 4.78 is 2.79. The molecule has 0 aliphatic heterocycles. The normalized spacial score (nSPS) is 11.6. The maximum absolute atomic E-state index is 5.50. The summed E-state index contributed by atoms with van der Waals surface area (Å²) in [7, 11) is 0. The molecule has 5 heteroatoms. The SMILES string of the molecule is [Cu][C](=Cc1ccccc1)CC=Cc1ccccc1.[Cu][C](=Cc1ccccc1)CC=Cc1ccccc1.[Cu][C](=Cc1ccccc1)CC=Cc1ccccc1.[Pd].[Pd]. The van der Waals surface area contributed by atoms with Crippen LogP contribution >= 0.6 is 0 Å². The molecule has 0 saturated carbocycles. The topological polar surface area (TPSA) is 0 Å². The number of hydrogen-bond donors (Lipinski definition) is 0. The van der Waals surface area contributed by atoms with Crippen LogP contribution in [-0.2, 0) is 88.9 Å². The molecule has 0 bridgehead atoms. The Morgan fingerprint density at radius 2 is 0.464 bits per heavy atom. The van der Waals surface area contributed by atoms with Crippen LogP contribution in [0.15, 0.2) is 214 Å². The zero-order chi connectivity index (χ0) is 37.9. The van der Waals surface area contributed by atoms with E-state index in [2.05, 4.69) is 109 Å². The van der Waals surface area contributed by atoms with Gasteiger partial charge in [0.25, 0.3) is 0 Å². The van der Waals surface area contributed by atoms with Crippen molar-refractivity contribution in [2.45, 2.75) is 19.3 Å². The van der Waals surface area contributed by atoms with Gasteiger partial charge in [-0.3, -0.25) is 0 Å². The third-order valence-electron chi connectivity index (χ3n) is 7.56. The zero-order valence-electron chi connectivity index (χ0n) is 30.7. The number of hydrogen-bond acceptors (Lipinski definition) is 0. The molecule has 0 radical (unpaired) electrons. The Balaban J connectivity index is 0.000000285. The first-order valence-electron chi connectivity index (χ1n) is 17.8. The van der Waals surface area contributed by atoms with E-state index in [4.69, 9.17) is 48.0 Å². The molecule has 0 unspecified atom stereocenters. The van der Waals surface area contributed by atoms with Crippen molar-refractivity contribution in [2.24, 2.45) is 0 Å². The van der Waals surface area contributed by atoms with Crippen LogP contribution in [0.1, 0.15) is 52.6 Å². The molecule has 56 heavy (non-hydrogen) atoms. The van der Waals surface area contributed by atoms with E-state index in [9.17, 15) is 0 Å². The van der Waals surface area contributed by atoms with Crippen molar-refractivity contribution in [3.05, 3.63) is 247 Å². The maximum Gasteiger partial charge on any atom is 0 e. The molecule has 0 aliphatic carbocycles. The van der Waals surface area contributed by atoms with Crippen LogP contribution in [0.3, 0.4) is 0 Å². The summed E-state index contributed by atoms with van der Waals surface area (Å²) in [6.07, 6.45) is 21.1. The zero-order valence-corrected chi connectivity index (χ0v) is 36.6. The third kappa shape index (κ3) is 22.4. The molecule has 0 fully saturated rings. The number of benzene rings is 6. The van der Waals surface area contributed by atoms with Gasteiger partial charge in [0.2, 0.25) is 0 Å². The molecular weight excluding hydrogens is 1020 g/mol. The molecule has 0 nitrogen and oxygen atoms in total. The second-order valence-electron chi connectivity index (χ2n) is 11.9. The molecule has 0 heterocycles.